The fraction of sp³-hybridized carbons (Fsp3) is 0.714. The first-order valence-corrected chi connectivity index (χ1v) is 9.34. The molecule has 0 amide bonds. The van der Waals surface area contributed by atoms with E-state index in [2.05, 4.69) is 32.9 Å². The number of aliphatic hydroxyl groups is 1. The summed E-state index contributed by atoms with van der Waals surface area (Å²) in [6.07, 6.45) is 9.14. The average molecular weight is 325 g/mol. The van der Waals surface area contributed by atoms with Crippen LogP contribution in [0, 0.1) is 39.9 Å². The molecule has 4 aliphatic carbocycles. The van der Waals surface area contributed by atoms with E-state index in [4.69, 9.17) is 0 Å². The molecule has 24 heavy (non-hydrogen) atoms. The van der Waals surface area contributed by atoms with Gasteiger partial charge in [0.25, 0.3) is 0 Å². The van der Waals surface area contributed by atoms with Gasteiger partial charge in [0.1, 0.15) is 0 Å². The number of fused-ring (bicyclic) bond motifs is 5. The van der Waals surface area contributed by atoms with Gasteiger partial charge in [-0.1, -0.05) is 38.0 Å². The molecule has 2 fully saturated rings. The Bertz CT molecular complexity index is 714. The van der Waals surface area contributed by atoms with Gasteiger partial charge in [-0.25, -0.2) is 0 Å². The number of hydrogen-bond acceptors (Lipinski definition) is 3. The predicted molar refractivity (Wildman–Crippen MR) is 91.8 cm³/mol. The van der Waals surface area contributed by atoms with Crippen LogP contribution in [0.5, 0.6) is 0 Å². The smallest absolute Gasteiger partial charge is 0.156 e. The SMILES string of the molecule is C[C@H]1C[C@@H]2C(=CC[C@@]3(C)[C@H]2CC[C@]3(O)C#N)[C@]2(C)CCC(=O)C=C12. The van der Waals surface area contributed by atoms with Crippen LogP contribution < -0.4 is 0 Å². The van der Waals surface area contributed by atoms with Gasteiger partial charge >= 0.3 is 0 Å². The third-order valence-corrected chi connectivity index (χ3v) is 8.00. The monoisotopic (exact) mass is 325 g/mol. The lowest BCUT2D eigenvalue weighted by molar-refractivity contribution is -0.115. The zero-order valence-corrected chi connectivity index (χ0v) is 14.9. The Balaban J connectivity index is 1.81. The van der Waals surface area contributed by atoms with Crippen molar-refractivity contribution in [1.82, 2.24) is 0 Å². The van der Waals surface area contributed by atoms with Gasteiger partial charge in [-0.2, -0.15) is 5.26 Å². The molecule has 0 spiro atoms. The molecule has 0 aromatic heterocycles. The molecule has 0 bridgehead atoms. The third kappa shape index (κ3) is 1.78. The molecule has 0 saturated heterocycles. The molecule has 3 heteroatoms. The minimum atomic E-state index is -1.19. The lowest BCUT2D eigenvalue weighted by atomic mass is 9.49. The highest BCUT2D eigenvalue weighted by molar-refractivity contribution is 5.92. The van der Waals surface area contributed by atoms with Gasteiger partial charge in [0.2, 0.25) is 0 Å². The van der Waals surface area contributed by atoms with Gasteiger partial charge in [-0.05, 0) is 55.9 Å². The molecule has 0 aliphatic heterocycles. The number of carbonyl (C=O) groups excluding carboxylic acids is 1. The van der Waals surface area contributed by atoms with Gasteiger partial charge in [-0.3, -0.25) is 4.79 Å². The number of nitrogens with zero attached hydrogens (tertiary/aromatic N) is 1. The van der Waals surface area contributed by atoms with Crippen LogP contribution in [0.15, 0.2) is 23.3 Å². The van der Waals surface area contributed by atoms with Crippen LogP contribution in [-0.2, 0) is 4.79 Å². The molecule has 0 heterocycles. The maximum absolute atomic E-state index is 12.0. The van der Waals surface area contributed by atoms with Crippen LogP contribution in [0.2, 0.25) is 0 Å². The molecule has 2 saturated carbocycles. The van der Waals surface area contributed by atoms with E-state index in [0.717, 1.165) is 25.7 Å². The standard InChI is InChI=1S/C21H27NO2/c1-13-10-15-16(19(2)7-4-14(23)11-18(13)19)5-8-20(3)17(15)6-9-21(20,24)12-22/h5,11,13,15,17,24H,4,6-10H2,1-3H3/t13-,15+,17-,19-,20-,21-/m0/s1. The maximum atomic E-state index is 12.0. The Morgan fingerprint density at radius 3 is 2.75 bits per heavy atom. The van der Waals surface area contributed by atoms with E-state index in [1.54, 1.807) is 0 Å². The molecular weight excluding hydrogens is 298 g/mol. The summed E-state index contributed by atoms with van der Waals surface area (Å²) in [5.41, 5.74) is 1.29. The van der Waals surface area contributed by atoms with Crippen molar-refractivity contribution in [2.24, 2.45) is 28.6 Å². The van der Waals surface area contributed by atoms with Gasteiger partial charge < -0.3 is 5.11 Å². The summed E-state index contributed by atoms with van der Waals surface area (Å²) >= 11 is 0. The van der Waals surface area contributed by atoms with E-state index in [-0.39, 0.29) is 16.6 Å². The van der Waals surface area contributed by atoms with E-state index in [0.29, 0.717) is 30.6 Å². The van der Waals surface area contributed by atoms with Crippen LogP contribution >= 0.6 is 0 Å². The zero-order chi connectivity index (χ0) is 17.3. The topological polar surface area (TPSA) is 61.1 Å². The molecule has 0 aromatic rings. The molecule has 6 atom stereocenters. The number of rotatable bonds is 0. The van der Waals surface area contributed by atoms with E-state index in [1.807, 2.05) is 6.08 Å². The number of carbonyl (C=O) groups is 1. The Kier molecular flexibility index (Phi) is 3.23. The van der Waals surface area contributed by atoms with Crippen molar-refractivity contribution in [2.45, 2.75) is 64.9 Å². The Morgan fingerprint density at radius 2 is 2.04 bits per heavy atom. The molecule has 128 valence electrons. The molecule has 3 nitrogen and oxygen atoms in total. The second-order valence-electron chi connectivity index (χ2n) is 9.04. The van der Waals surface area contributed by atoms with Crippen molar-refractivity contribution >= 4 is 5.78 Å². The number of ketones is 1. The van der Waals surface area contributed by atoms with Crippen LogP contribution in [0.3, 0.4) is 0 Å². The fourth-order valence-electron chi connectivity index (χ4n) is 6.47. The minimum absolute atomic E-state index is 0.00488. The van der Waals surface area contributed by atoms with Gasteiger partial charge in [0.05, 0.1) is 6.07 Å². The second-order valence-corrected chi connectivity index (χ2v) is 9.04. The summed E-state index contributed by atoms with van der Waals surface area (Å²) in [4.78, 5) is 12.0. The van der Waals surface area contributed by atoms with Crippen molar-refractivity contribution in [2.75, 3.05) is 0 Å². The van der Waals surface area contributed by atoms with Crippen molar-refractivity contribution in [1.29, 1.82) is 5.26 Å². The molecule has 0 unspecified atom stereocenters. The molecule has 0 radical (unpaired) electrons. The Morgan fingerprint density at radius 1 is 1.29 bits per heavy atom. The van der Waals surface area contributed by atoms with Gasteiger partial charge in [-0.15, -0.1) is 0 Å². The zero-order valence-electron chi connectivity index (χ0n) is 14.9. The Labute approximate surface area is 144 Å². The summed E-state index contributed by atoms with van der Waals surface area (Å²) in [7, 11) is 0. The highest BCUT2D eigenvalue weighted by Gasteiger charge is 2.62. The predicted octanol–water partition coefficient (Wildman–Crippen LogP) is 3.94. The normalized spacial score (nSPS) is 50.1. The van der Waals surface area contributed by atoms with Crippen molar-refractivity contribution in [3.05, 3.63) is 23.3 Å². The van der Waals surface area contributed by atoms with E-state index in [1.165, 1.54) is 11.1 Å². The summed E-state index contributed by atoms with van der Waals surface area (Å²) in [5.74, 6) is 1.49. The highest BCUT2D eigenvalue weighted by Crippen LogP contribution is 2.66. The number of allylic oxidation sites excluding steroid dienone is 4. The average Bonchev–Trinajstić information content (AvgIpc) is 2.82. The van der Waals surface area contributed by atoms with Crippen molar-refractivity contribution in [3.63, 3.8) is 0 Å². The first-order valence-electron chi connectivity index (χ1n) is 9.34. The second kappa shape index (κ2) is 4.82. The molecule has 0 aromatic carbocycles. The van der Waals surface area contributed by atoms with Gasteiger partial charge in [0, 0.05) is 17.3 Å². The van der Waals surface area contributed by atoms with Crippen LogP contribution in [-0.4, -0.2) is 16.5 Å². The van der Waals surface area contributed by atoms with E-state index >= 15 is 0 Å². The lowest BCUT2D eigenvalue weighted by Gasteiger charge is -2.55. The van der Waals surface area contributed by atoms with Crippen molar-refractivity contribution < 1.29 is 9.90 Å². The highest BCUT2D eigenvalue weighted by atomic mass is 16.3. The van der Waals surface area contributed by atoms with Crippen LogP contribution in [0.25, 0.3) is 0 Å². The quantitative estimate of drug-likeness (QED) is 0.542. The molecule has 1 N–H and O–H groups in total. The molecular formula is C21H27NO2. The minimum Gasteiger partial charge on any atom is -0.375 e. The van der Waals surface area contributed by atoms with Crippen LogP contribution in [0.1, 0.15) is 59.3 Å². The van der Waals surface area contributed by atoms with E-state index in [9.17, 15) is 15.2 Å². The van der Waals surface area contributed by atoms with E-state index < -0.39 is 5.60 Å². The summed E-state index contributed by atoms with van der Waals surface area (Å²) < 4.78 is 0. The molecule has 4 rings (SSSR count). The fourth-order valence-corrected chi connectivity index (χ4v) is 6.47. The summed E-state index contributed by atoms with van der Waals surface area (Å²) in [6, 6.07) is 2.23. The van der Waals surface area contributed by atoms with Gasteiger partial charge in [0.15, 0.2) is 11.4 Å². The third-order valence-electron chi connectivity index (χ3n) is 8.00. The first kappa shape index (κ1) is 16.1. The lowest BCUT2D eigenvalue weighted by Crippen LogP contribution is -2.51. The molecule has 4 aliphatic rings. The number of nitriles is 1. The summed E-state index contributed by atoms with van der Waals surface area (Å²) in [6.45, 7) is 6.68. The first-order chi connectivity index (χ1) is 11.2. The Hall–Kier alpha value is -1.40. The van der Waals surface area contributed by atoms with Crippen LogP contribution in [0.4, 0.5) is 0 Å². The largest absolute Gasteiger partial charge is 0.375 e. The summed E-state index contributed by atoms with van der Waals surface area (Å²) in [5, 5.41) is 20.5. The number of hydrogen-bond donors (Lipinski definition) is 1. The van der Waals surface area contributed by atoms with Crippen molar-refractivity contribution in [3.8, 4) is 6.07 Å². The maximum Gasteiger partial charge on any atom is 0.156 e.